The second-order valence-corrected chi connectivity index (χ2v) is 6.12. The Balaban J connectivity index is 1.54. The molecule has 3 rings (SSSR count). The second kappa shape index (κ2) is 3.74. The fraction of sp³-hybridized carbons (Fsp3) is 0.818. The lowest BCUT2D eigenvalue weighted by Gasteiger charge is -2.21. The highest BCUT2D eigenvalue weighted by Gasteiger charge is 2.39. The first-order valence-corrected chi connectivity index (χ1v) is 6.67. The van der Waals surface area contributed by atoms with Gasteiger partial charge >= 0.3 is 0 Å². The maximum absolute atomic E-state index is 4.10. The number of rotatable bonds is 3. The Morgan fingerprint density at radius 3 is 2.87 bits per heavy atom. The van der Waals surface area contributed by atoms with Crippen molar-refractivity contribution in [3.05, 3.63) is 5.01 Å². The molecular formula is C11H17N3S. The van der Waals surface area contributed by atoms with Gasteiger partial charge < -0.3 is 5.32 Å². The molecule has 0 amide bonds. The average Bonchev–Trinajstić information content (AvgIpc) is 2.90. The summed E-state index contributed by atoms with van der Waals surface area (Å²) in [5.41, 5.74) is 0. The normalized spacial score (nSPS) is 33.5. The van der Waals surface area contributed by atoms with Gasteiger partial charge in [0.25, 0.3) is 0 Å². The molecule has 2 saturated carbocycles. The van der Waals surface area contributed by atoms with Crippen LogP contribution in [-0.4, -0.2) is 16.7 Å². The third-order valence-corrected chi connectivity index (χ3v) is 4.72. The Morgan fingerprint density at radius 1 is 1.33 bits per heavy atom. The van der Waals surface area contributed by atoms with Gasteiger partial charge in [0, 0.05) is 6.54 Å². The molecule has 4 heteroatoms. The summed E-state index contributed by atoms with van der Waals surface area (Å²) in [6.45, 7) is 3.11. The van der Waals surface area contributed by atoms with Gasteiger partial charge in [-0.25, -0.2) is 0 Å². The summed E-state index contributed by atoms with van der Waals surface area (Å²) in [4.78, 5) is 0. The van der Waals surface area contributed by atoms with E-state index in [1.165, 1.54) is 25.7 Å². The number of anilines is 1. The topological polar surface area (TPSA) is 37.8 Å². The molecule has 2 aliphatic rings. The van der Waals surface area contributed by atoms with E-state index < -0.39 is 0 Å². The minimum atomic E-state index is 0.896. The molecule has 0 spiro atoms. The highest BCUT2D eigenvalue weighted by atomic mass is 32.1. The lowest BCUT2D eigenvalue weighted by atomic mass is 9.89. The van der Waals surface area contributed by atoms with E-state index in [0.29, 0.717) is 0 Å². The molecular weight excluding hydrogens is 206 g/mol. The van der Waals surface area contributed by atoms with Crippen molar-refractivity contribution >= 4 is 16.5 Å². The fourth-order valence-electron chi connectivity index (χ4n) is 3.21. The minimum Gasteiger partial charge on any atom is -0.360 e. The number of nitrogens with one attached hydrogen (secondary N) is 1. The van der Waals surface area contributed by atoms with Gasteiger partial charge in [-0.1, -0.05) is 17.8 Å². The van der Waals surface area contributed by atoms with Gasteiger partial charge in [-0.15, -0.1) is 10.2 Å². The van der Waals surface area contributed by atoms with Crippen LogP contribution in [0.15, 0.2) is 0 Å². The van der Waals surface area contributed by atoms with Crippen molar-refractivity contribution in [2.75, 3.05) is 11.9 Å². The largest absolute Gasteiger partial charge is 0.360 e. The van der Waals surface area contributed by atoms with Crippen LogP contribution >= 0.6 is 11.3 Å². The number of aromatic nitrogens is 2. The number of hydrogen-bond donors (Lipinski definition) is 1. The minimum absolute atomic E-state index is 0.896. The molecule has 0 aliphatic heterocycles. The molecule has 1 heterocycles. The summed E-state index contributed by atoms with van der Waals surface area (Å²) in [7, 11) is 0. The molecule has 2 bridgehead atoms. The van der Waals surface area contributed by atoms with Crippen molar-refractivity contribution in [2.45, 2.75) is 32.6 Å². The van der Waals surface area contributed by atoms with Crippen LogP contribution in [0.1, 0.15) is 30.7 Å². The van der Waals surface area contributed by atoms with Gasteiger partial charge in [-0.3, -0.25) is 0 Å². The summed E-state index contributed by atoms with van der Waals surface area (Å²) in [6.07, 6.45) is 5.88. The smallest absolute Gasteiger partial charge is 0.205 e. The molecule has 2 aliphatic carbocycles. The van der Waals surface area contributed by atoms with E-state index in [9.17, 15) is 0 Å². The van der Waals surface area contributed by atoms with Crippen LogP contribution < -0.4 is 5.32 Å². The van der Waals surface area contributed by atoms with Crippen LogP contribution in [0.3, 0.4) is 0 Å². The fourth-order valence-corrected chi connectivity index (χ4v) is 3.81. The SMILES string of the molecule is Cc1nnc(NCC2CC3CCC2C3)s1. The maximum Gasteiger partial charge on any atom is 0.205 e. The van der Waals surface area contributed by atoms with Crippen molar-refractivity contribution in [2.24, 2.45) is 17.8 Å². The van der Waals surface area contributed by atoms with Crippen molar-refractivity contribution < 1.29 is 0 Å². The molecule has 15 heavy (non-hydrogen) atoms. The van der Waals surface area contributed by atoms with Crippen LogP contribution in [0.25, 0.3) is 0 Å². The Labute approximate surface area is 94.3 Å². The van der Waals surface area contributed by atoms with Crippen LogP contribution in [0.5, 0.6) is 0 Å². The van der Waals surface area contributed by atoms with Crippen LogP contribution in [0.2, 0.25) is 0 Å². The summed E-state index contributed by atoms with van der Waals surface area (Å²) in [6, 6.07) is 0. The maximum atomic E-state index is 4.10. The zero-order chi connectivity index (χ0) is 10.3. The van der Waals surface area contributed by atoms with Crippen molar-refractivity contribution in [1.82, 2.24) is 10.2 Å². The van der Waals surface area contributed by atoms with Crippen LogP contribution in [0, 0.1) is 24.7 Å². The molecule has 3 unspecified atom stereocenters. The first kappa shape index (κ1) is 9.58. The third-order valence-electron chi connectivity index (χ3n) is 3.93. The summed E-state index contributed by atoms with van der Waals surface area (Å²) in [5.74, 6) is 2.93. The van der Waals surface area contributed by atoms with Gasteiger partial charge in [0.1, 0.15) is 5.01 Å². The highest BCUT2D eigenvalue weighted by Crippen LogP contribution is 2.48. The molecule has 3 atom stereocenters. The number of fused-ring (bicyclic) bond motifs is 2. The van der Waals surface area contributed by atoms with E-state index in [-0.39, 0.29) is 0 Å². The predicted molar refractivity (Wildman–Crippen MR) is 62.1 cm³/mol. The molecule has 1 aromatic rings. The van der Waals surface area contributed by atoms with Crippen LogP contribution in [0.4, 0.5) is 5.13 Å². The number of hydrogen-bond acceptors (Lipinski definition) is 4. The number of nitrogens with zero attached hydrogens (tertiary/aromatic N) is 2. The van der Waals surface area contributed by atoms with Gasteiger partial charge in [0.05, 0.1) is 0 Å². The second-order valence-electron chi connectivity index (χ2n) is 4.94. The van der Waals surface area contributed by atoms with E-state index >= 15 is 0 Å². The van der Waals surface area contributed by atoms with Crippen LogP contribution in [-0.2, 0) is 0 Å². The molecule has 82 valence electrons. The highest BCUT2D eigenvalue weighted by molar-refractivity contribution is 7.15. The Hall–Kier alpha value is -0.640. The summed E-state index contributed by atoms with van der Waals surface area (Å²) < 4.78 is 0. The summed E-state index contributed by atoms with van der Waals surface area (Å²) >= 11 is 1.66. The summed E-state index contributed by atoms with van der Waals surface area (Å²) in [5, 5.41) is 13.6. The first-order chi connectivity index (χ1) is 7.31. The lowest BCUT2D eigenvalue weighted by Crippen LogP contribution is -2.19. The van der Waals surface area contributed by atoms with Crippen molar-refractivity contribution in [3.63, 3.8) is 0 Å². The molecule has 1 N–H and O–H groups in total. The van der Waals surface area contributed by atoms with E-state index in [0.717, 1.165) is 34.4 Å². The third kappa shape index (κ3) is 1.87. The zero-order valence-corrected chi connectivity index (χ0v) is 9.89. The van der Waals surface area contributed by atoms with E-state index in [4.69, 9.17) is 0 Å². The molecule has 0 aromatic carbocycles. The predicted octanol–water partition coefficient (Wildman–Crippen LogP) is 2.69. The van der Waals surface area contributed by atoms with E-state index in [1.807, 2.05) is 6.92 Å². The standard InChI is InChI=1S/C11H17N3S/c1-7-13-14-11(15-7)12-6-10-5-8-2-3-9(10)4-8/h8-10H,2-6H2,1H3,(H,12,14). The van der Waals surface area contributed by atoms with E-state index in [2.05, 4.69) is 15.5 Å². The lowest BCUT2D eigenvalue weighted by molar-refractivity contribution is 0.348. The Bertz CT molecular complexity index is 349. The van der Waals surface area contributed by atoms with Gasteiger partial charge in [-0.2, -0.15) is 0 Å². The van der Waals surface area contributed by atoms with Gasteiger partial charge in [0.2, 0.25) is 5.13 Å². The van der Waals surface area contributed by atoms with E-state index in [1.54, 1.807) is 11.3 Å². The van der Waals surface area contributed by atoms with Gasteiger partial charge in [-0.05, 0) is 43.9 Å². The van der Waals surface area contributed by atoms with Crippen molar-refractivity contribution in [1.29, 1.82) is 0 Å². The molecule has 0 radical (unpaired) electrons. The van der Waals surface area contributed by atoms with Crippen molar-refractivity contribution in [3.8, 4) is 0 Å². The first-order valence-electron chi connectivity index (χ1n) is 5.85. The quantitative estimate of drug-likeness (QED) is 0.856. The average molecular weight is 223 g/mol. The molecule has 0 saturated heterocycles. The monoisotopic (exact) mass is 223 g/mol. The molecule has 1 aromatic heterocycles. The molecule has 2 fully saturated rings. The van der Waals surface area contributed by atoms with Gasteiger partial charge in [0.15, 0.2) is 0 Å². The Kier molecular flexibility index (Phi) is 2.39. The zero-order valence-electron chi connectivity index (χ0n) is 9.07. The number of aryl methyl sites for hydroxylation is 1. The molecule has 3 nitrogen and oxygen atoms in total. The Morgan fingerprint density at radius 2 is 2.27 bits per heavy atom.